The third kappa shape index (κ3) is 8.74. The number of fused-ring (bicyclic) bond motifs is 1. The SMILES string of the molecule is CCOCC(O)CN1CCC(Nc2cccc3c2cc(C#CCNc2ccc(SC)cc2OC)n3CC(F)(F)F)CC1. The van der Waals surface area contributed by atoms with E-state index in [0.717, 1.165) is 42.2 Å². The van der Waals surface area contributed by atoms with Crippen LogP contribution in [-0.4, -0.2) is 85.7 Å². The maximum Gasteiger partial charge on any atom is 0.406 e. The van der Waals surface area contributed by atoms with Crippen LogP contribution in [0.25, 0.3) is 10.9 Å². The maximum atomic E-state index is 13.6. The molecule has 1 aliphatic rings. The molecular formula is C31H39F3N4O3S. The second kappa shape index (κ2) is 14.9. The van der Waals surface area contributed by atoms with Crippen LogP contribution in [0, 0.1) is 11.8 Å². The molecule has 2 aromatic carbocycles. The maximum absolute atomic E-state index is 13.6. The molecule has 1 aromatic heterocycles. The van der Waals surface area contributed by atoms with Gasteiger partial charge >= 0.3 is 6.18 Å². The number of piperidine rings is 1. The van der Waals surface area contributed by atoms with Crippen LogP contribution in [-0.2, 0) is 11.3 Å². The summed E-state index contributed by atoms with van der Waals surface area (Å²) in [5.74, 6) is 6.63. The van der Waals surface area contributed by atoms with Gasteiger partial charge < -0.3 is 34.7 Å². The molecule has 11 heteroatoms. The van der Waals surface area contributed by atoms with E-state index in [-0.39, 0.29) is 12.6 Å². The molecule has 7 nitrogen and oxygen atoms in total. The first-order valence-corrected chi connectivity index (χ1v) is 15.3. The molecule has 1 saturated heterocycles. The number of thioether (sulfide) groups is 1. The van der Waals surface area contributed by atoms with Gasteiger partial charge in [0.2, 0.25) is 0 Å². The number of β-amino-alcohol motifs (C(OH)–C–C–N with tert-alkyl or cyclic N) is 1. The fourth-order valence-corrected chi connectivity index (χ4v) is 5.60. The van der Waals surface area contributed by atoms with Gasteiger partial charge in [-0.3, -0.25) is 0 Å². The Morgan fingerprint density at radius 3 is 2.62 bits per heavy atom. The van der Waals surface area contributed by atoms with Crippen LogP contribution in [0.15, 0.2) is 47.4 Å². The van der Waals surface area contributed by atoms with Gasteiger partial charge in [0.05, 0.1) is 43.3 Å². The number of anilines is 2. The van der Waals surface area contributed by atoms with E-state index in [4.69, 9.17) is 9.47 Å². The summed E-state index contributed by atoms with van der Waals surface area (Å²) in [6.07, 6.45) is -1.21. The van der Waals surface area contributed by atoms with Crippen LogP contribution in [0.5, 0.6) is 5.75 Å². The lowest BCUT2D eigenvalue weighted by Crippen LogP contribution is -2.43. The molecule has 0 radical (unpaired) electrons. The molecule has 228 valence electrons. The Morgan fingerprint density at radius 2 is 1.93 bits per heavy atom. The number of aliphatic hydroxyl groups excluding tert-OH is 1. The third-order valence-corrected chi connectivity index (χ3v) is 7.93. The third-order valence-electron chi connectivity index (χ3n) is 7.21. The molecule has 1 aliphatic heterocycles. The van der Waals surface area contributed by atoms with Crippen LogP contribution in [0.2, 0.25) is 0 Å². The zero-order valence-electron chi connectivity index (χ0n) is 24.3. The van der Waals surface area contributed by atoms with E-state index in [0.29, 0.717) is 42.1 Å². The molecule has 4 rings (SSSR count). The van der Waals surface area contributed by atoms with Crippen molar-refractivity contribution in [3.8, 4) is 17.6 Å². The fourth-order valence-electron chi connectivity index (χ4n) is 5.17. The van der Waals surface area contributed by atoms with Crippen LogP contribution in [0.1, 0.15) is 25.5 Å². The molecule has 0 saturated carbocycles. The molecule has 1 fully saturated rings. The van der Waals surface area contributed by atoms with Crippen molar-refractivity contribution < 1.29 is 27.8 Å². The second-order valence-corrected chi connectivity index (χ2v) is 11.1. The quantitative estimate of drug-likeness (QED) is 0.182. The lowest BCUT2D eigenvalue weighted by atomic mass is 10.0. The Balaban J connectivity index is 1.48. The van der Waals surface area contributed by atoms with Crippen LogP contribution < -0.4 is 15.4 Å². The second-order valence-electron chi connectivity index (χ2n) is 10.2. The summed E-state index contributed by atoms with van der Waals surface area (Å²) in [6, 6.07) is 13.1. The molecule has 42 heavy (non-hydrogen) atoms. The van der Waals surface area contributed by atoms with Crippen LogP contribution in [0.3, 0.4) is 0 Å². The van der Waals surface area contributed by atoms with Crippen molar-refractivity contribution in [2.45, 2.75) is 49.5 Å². The average molecular weight is 605 g/mol. The Hall–Kier alpha value is -3.04. The largest absolute Gasteiger partial charge is 0.495 e. The van der Waals surface area contributed by atoms with Crippen molar-refractivity contribution >= 4 is 34.0 Å². The summed E-state index contributed by atoms with van der Waals surface area (Å²) in [7, 11) is 1.59. The molecule has 2 heterocycles. The summed E-state index contributed by atoms with van der Waals surface area (Å²) >= 11 is 1.61. The van der Waals surface area contributed by atoms with E-state index in [9.17, 15) is 18.3 Å². The molecule has 1 unspecified atom stereocenters. The van der Waals surface area contributed by atoms with Gasteiger partial charge in [0, 0.05) is 48.3 Å². The topological polar surface area (TPSA) is 70.9 Å². The highest BCUT2D eigenvalue weighted by molar-refractivity contribution is 7.98. The summed E-state index contributed by atoms with van der Waals surface area (Å²) in [6.45, 7) is 4.13. The first kappa shape index (κ1) is 31.9. The zero-order chi connectivity index (χ0) is 30.1. The van der Waals surface area contributed by atoms with Gasteiger partial charge in [-0.2, -0.15) is 13.2 Å². The number of benzene rings is 2. The number of alkyl halides is 3. The van der Waals surface area contributed by atoms with Gasteiger partial charge in [-0.15, -0.1) is 11.8 Å². The molecule has 0 bridgehead atoms. The van der Waals surface area contributed by atoms with E-state index in [1.165, 1.54) is 4.57 Å². The van der Waals surface area contributed by atoms with Crippen LogP contribution >= 0.6 is 11.8 Å². The molecule has 3 N–H and O–H groups in total. The summed E-state index contributed by atoms with van der Waals surface area (Å²) in [5.41, 5.74) is 2.35. The molecule has 1 atom stereocenters. The van der Waals surface area contributed by atoms with Crippen molar-refractivity contribution in [2.24, 2.45) is 0 Å². The lowest BCUT2D eigenvalue weighted by molar-refractivity contribution is -0.140. The number of rotatable bonds is 12. The van der Waals surface area contributed by atoms with E-state index in [1.54, 1.807) is 37.1 Å². The number of likely N-dealkylation sites (tertiary alicyclic amines) is 1. The van der Waals surface area contributed by atoms with Gasteiger partial charge in [-0.25, -0.2) is 0 Å². The first-order chi connectivity index (χ1) is 20.2. The minimum absolute atomic E-state index is 0.174. The number of aliphatic hydroxyl groups is 1. The minimum atomic E-state index is -4.39. The molecular weight excluding hydrogens is 565 g/mol. The molecule has 0 amide bonds. The predicted molar refractivity (Wildman–Crippen MR) is 164 cm³/mol. The number of halogens is 3. The van der Waals surface area contributed by atoms with E-state index < -0.39 is 18.8 Å². The number of hydrogen-bond donors (Lipinski definition) is 3. The summed E-state index contributed by atoms with van der Waals surface area (Å²) < 4.78 is 52.8. The number of hydrogen-bond acceptors (Lipinski definition) is 7. The molecule has 0 spiro atoms. The van der Waals surface area contributed by atoms with E-state index in [2.05, 4.69) is 27.4 Å². The number of nitrogens with one attached hydrogen (secondary N) is 2. The van der Waals surface area contributed by atoms with Gasteiger partial charge in [-0.1, -0.05) is 12.0 Å². The first-order valence-electron chi connectivity index (χ1n) is 14.1. The standard InChI is InChI=1S/C31H39F3N4O3S/c1-4-41-20-24(39)19-37-15-12-22(13-16-37)36-27-8-5-9-29-26(27)17-23(38(29)21-31(32,33)34)7-6-14-35-28-11-10-25(42-3)18-30(28)40-2/h5,8-11,17-18,22,24,35-36,39H,4,12-16,19-21H2,1-3H3. The van der Waals surface area contributed by atoms with Gasteiger partial charge in [-0.05, 0) is 68.3 Å². The number of ether oxygens (including phenoxy) is 2. The zero-order valence-corrected chi connectivity index (χ0v) is 25.1. The highest BCUT2D eigenvalue weighted by Gasteiger charge is 2.30. The average Bonchev–Trinajstić information content (AvgIpc) is 3.31. The summed E-state index contributed by atoms with van der Waals surface area (Å²) in [4.78, 5) is 3.28. The molecule has 0 aliphatic carbocycles. The predicted octanol–water partition coefficient (Wildman–Crippen LogP) is 5.67. The Labute approximate surface area is 249 Å². The summed E-state index contributed by atoms with van der Waals surface area (Å²) in [5, 5.41) is 17.6. The Kier molecular flexibility index (Phi) is 11.3. The van der Waals surface area contributed by atoms with Crippen molar-refractivity contribution in [1.82, 2.24) is 9.47 Å². The highest BCUT2D eigenvalue weighted by Crippen LogP contribution is 2.32. The number of nitrogens with zero attached hydrogens (tertiary/aromatic N) is 2. The highest BCUT2D eigenvalue weighted by atomic mass is 32.2. The lowest BCUT2D eigenvalue weighted by Gasteiger charge is -2.34. The van der Waals surface area contributed by atoms with Crippen molar-refractivity contribution in [3.05, 3.63) is 48.2 Å². The monoisotopic (exact) mass is 604 g/mol. The Bertz CT molecular complexity index is 1380. The Morgan fingerprint density at radius 1 is 1.14 bits per heavy atom. The van der Waals surface area contributed by atoms with E-state index >= 15 is 0 Å². The van der Waals surface area contributed by atoms with Crippen molar-refractivity contribution in [1.29, 1.82) is 0 Å². The van der Waals surface area contributed by atoms with Gasteiger partial charge in [0.1, 0.15) is 12.3 Å². The fraction of sp³-hybridized carbons (Fsp3) is 0.484. The molecule has 3 aromatic rings. The van der Waals surface area contributed by atoms with Crippen molar-refractivity contribution in [3.63, 3.8) is 0 Å². The van der Waals surface area contributed by atoms with E-state index in [1.807, 2.05) is 37.4 Å². The van der Waals surface area contributed by atoms with Gasteiger partial charge in [0.15, 0.2) is 0 Å². The van der Waals surface area contributed by atoms with Crippen LogP contribution in [0.4, 0.5) is 24.5 Å². The minimum Gasteiger partial charge on any atom is -0.495 e. The number of methoxy groups -OCH3 is 1. The van der Waals surface area contributed by atoms with Crippen molar-refractivity contribution in [2.75, 3.05) is 63.4 Å². The smallest absolute Gasteiger partial charge is 0.406 e. The normalized spacial score (nSPS) is 15.3. The number of aromatic nitrogens is 1. The van der Waals surface area contributed by atoms with Gasteiger partial charge in [0.25, 0.3) is 0 Å².